The van der Waals surface area contributed by atoms with Gasteiger partial charge in [-0.15, -0.1) is 0 Å². The van der Waals surface area contributed by atoms with Crippen LogP contribution in [-0.4, -0.2) is 24.1 Å². The zero-order chi connectivity index (χ0) is 18.9. The Hall–Kier alpha value is -1.97. The summed E-state index contributed by atoms with van der Waals surface area (Å²) in [6, 6.07) is 6.12. The number of carbonyl (C=O) groups is 1. The molecule has 4 nitrogen and oxygen atoms in total. The summed E-state index contributed by atoms with van der Waals surface area (Å²) < 4.78 is 11.0. The fourth-order valence-electron chi connectivity index (χ4n) is 5.66. The molecule has 2 bridgehead atoms. The van der Waals surface area contributed by atoms with Gasteiger partial charge in [0.25, 0.3) is 0 Å². The summed E-state index contributed by atoms with van der Waals surface area (Å²) >= 11 is 0. The second-order valence-corrected chi connectivity index (χ2v) is 9.14. The Morgan fingerprint density at radius 3 is 2.57 bits per heavy atom. The number of hydrogen-bond acceptors (Lipinski definition) is 3. The summed E-state index contributed by atoms with van der Waals surface area (Å²) in [5, 5.41) is 0. The first-order valence-corrected chi connectivity index (χ1v) is 11.1. The molecule has 1 aliphatic heterocycles. The van der Waals surface area contributed by atoms with Crippen LogP contribution in [0.5, 0.6) is 11.5 Å². The SMILES string of the molecule is O=C(C1CCCCCC1)N(Cc1ccc2c(c1)OCO2)C[C@@H]1C[C@H]2C=C[C@H]1C2. The molecule has 3 atom stereocenters. The summed E-state index contributed by atoms with van der Waals surface area (Å²) in [6.07, 6.45) is 14.4. The molecular weight excluding hydrogens is 350 g/mol. The Kier molecular flexibility index (Phi) is 5.04. The van der Waals surface area contributed by atoms with E-state index in [1.165, 1.54) is 38.5 Å². The van der Waals surface area contributed by atoms with E-state index in [2.05, 4.69) is 29.2 Å². The van der Waals surface area contributed by atoms with Gasteiger partial charge in [-0.1, -0.05) is 43.9 Å². The van der Waals surface area contributed by atoms with Crippen molar-refractivity contribution in [1.82, 2.24) is 4.90 Å². The van der Waals surface area contributed by atoms with Crippen molar-refractivity contribution in [3.05, 3.63) is 35.9 Å². The van der Waals surface area contributed by atoms with Crippen LogP contribution >= 0.6 is 0 Å². The molecule has 0 radical (unpaired) electrons. The molecule has 5 rings (SSSR count). The summed E-state index contributed by atoms with van der Waals surface area (Å²) in [6.45, 7) is 1.87. The van der Waals surface area contributed by atoms with E-state index < -0.39 is 0 Å². The summed E-state index contributed by atoms with van der Waals surface area (Å²) in [7, 11) is 0. The zero-order valence-electron chi connectivity index (χ0n) is 16.6. The van der Waals surface area contributed by atoms with E-state index in [4.69, 9.17) is 9.47 Å². The minimum atomic E-state index is 0.214. The summed E-state index contributed by atoms with van der Waals surface area (Å²) in [4.78, 5) is 15.7. The maximum Gasteiger partial charge on any atom is 0.231 e. The topological polar surface area (TPSA) is 38.8 Å². The molecular formula is C24H31NO3. The first-order valence-electron chi connectivity index (χ1n) is 11.1. The third-order valence-corrected chi connectivity index (χ3v) is 7.20. The van der Waals surface area contributed by atoms with Crippen LogP contribution in [0.4, 0.5) is 0 Å². The molecule has 1 aromatic carbocycles. The van der Waals surface area contributed by atoms with E-state index in [0.29, 0.717) is 31.1 Å². The minimum absolute atomic E-state index is 0.214. The molecule has 2 saturated carbocycles. The highest BCUT2D eigenvalue weighted by Crippen LogP contribution is 2.44. The fourth-order valence-corrected chi connectivity index (χ4v) is 5.66. The van der Waals surface area contributed by atoms with Crippen molar-refractivity contribution in [2.75, 3.05) is 13.3 Å². The highest BCUT2D eigenvalue weighted by molar-refractivity contribution is 5.79. The lowest BCUT2D eigenvalue weighted by Crippen LogP contribution is -2.39. The van der Waals surface area contributed by atoms with Gasteiger partial charge >= 0.3 is 0 Å². The van der Waals surface area contributed by atoms with Crippen molar-refractivity contribution in [2.24, 2.45) is 23.7 Å². The van der Waals surface area contributed by atoms with E-state index in [-0.39, 0.29) is 5.92 Å². The van der Waals surface area contributed by atoms with Gasteiger partial charge in [0.2, 0.25) is 12.7 Å². The van der Waals surface area contributed by atoms with Gasteiger partial charge in [-0.05, 0) is 61.1 Å². The number of benzene rings is 1. The fraction of sp³-hybridized carbons (Fsp3) is 0.625. The Morgan fingerprint density at radius 2 is 1.82 bits per heavy atom. The molecule has 150 valence electrons. The van der Waals surface area contributed by atoms with Crippen molar-refractivity contribution in [1.29, 1.82) is 0 Å². The number of ether oxygens (including phenoxy) is 2. The highest BCUT2D eigenvalue weighted by atomic mass is 16.7. The average molecular weight is 382 g/mol. The molecule has 28 heavy (non-hydrogen) atoms. The van der Waals surface area contributed by atoms with Crippen molar-refractivity contribution in [3.8, 4) is 11.5 Å². The van der Waals surface area contributed by atoms with Gasteiger partial charge in [-0.25, -0.2) is 0 Å². The summed E-state index contributed by atoms with van der Waals surface area (Å²) in [5.74, 6) is 4.25. The summed E-state index contributed by atoms with van der Waals surface area (Å²) in [5.41, 5.74) is 1.14. The van der Waals surface area contributed by atoms with Crippen LogP contribution in [-0.2, 0) is 11.3 Å². The molecule has 0 unspecified atom stereocenters. The lowest BCUT2D eigenvalue weighted by Gasteiger charge is -2.31. The van der Waals surface area contributed by atoms with Crippen LogP contribution in [0.2, 0.25) is 0 Å². The third-order valence-electron chi connectivity index (χ3n) is 7.20. The van der Waals surface area contributed by atoms with Crippen molar-refractivity contribution in [2.45, 2.75) is 57.9 Å². The molecule has 1 aromatic rings. The predicted octanol–water partition coefficient (Wildman–Crippen LogP) is 4.93. The second-order valence-electron chi connectivity index (χ2n) is 9.14. The number of hydrogen-bond donors (Lipinski definition) is 0. The van der Waals surface area contributed by atoms with Gasteiger partial charge in [0.15, 0.2) is 11.5 Å². The van der Waals surface area contributed by atoms with E-state index in [0.717, 1.165) is 42.4 Å². The largest absolute Gasteiger partial charge is 0.454 e. The van der Waals surface area contributed by atoms with Crippen molar-refractivity contribution < 1.29 is 14.3 Å². The minimum Gasteiger partial charge on any atom is -0.454 e. The average Bonchev–Trinajstić information content (AvgIpc) is 3.39. The van der Waals surface area contributed by atoms with Crippen molar-refractivity contribution in [3.63, 3.8) is 0 Å². The lowest BCUT2D eigenvalue weighted by atomic mass is 9.91. The highest BCUT2D eigenvalue weighted by Gasteiger charge is 2.38. The number of allylic oxidation sites excluding steroid dienone is 2. The molecule has 0 aromatic heterocycles. The maximum absolute atomic E-state index is 13.5. The predicted molar refractivity (Wildman–Crippen MR) is 108 cm³/mol. The molecule has 2 fully saturated rings. The van der Waals surface area contributed by atoms with Crippen LogP contribution < -0.4 is 9.47 Å². The number of amides is 1. The maximum atomic E-state index is 13.5. The standard InChI is InChI=1S/C24H31NO3/c26-24(19-5-3-1-2-4-6-19)25(15-21-12-17-7-9-20(21)11-17)14-18-8-10-22-23(13-18)28-16-27-22/h7-10,13,17,19-21H,1-6,11-12,14-16H2/t17-,20-,21-/m0/s1. The monoisotopic (exact) mass is 381 g/mol. The van der Waals surface area contributed by atoms with Gasteiger partial charge in [0.1, 0.15) is 0 Å². The zero-order valence-corrected chi connectivity index (χ0v) is 16.6. The van der Waals surface area contributed by atoms with Gasteiger partial charge in [0.05, 0.1) is 0 Å². The molecule has 0 N–H and O–H groups in total. The van der Waals surface area contributed by atoms with Gasteiger partial charge in [-0.3, -0.25) is 4.79 Å². The van der Waals surface area contributed by atoms with Crippen LogP contribution in [0, 0.1) is 23.7 Å². The normalized spacial score (nSPS) is 28.5. The third kappa shape index (κ3) is 3.66. The van der Waals surface area contributed by atoms with Crippen LogP contribution in [0.15, 0.2) is 30.4 Å². The Labute approximate surface area is 167 Å². The Bertz CT molecular complexity index is 750. The smallest absolute Gasteiger partial charge is 0.231 e. The number of rotatable bonds is 5. The molecule has 1 heterocycles. The molecule has 0 spiro atoms. The van der Waals surface area contributed by atoms with E-state index in [9.17, 15) is 4.79 Å². The van der Waals surface area contributed by atoms with Gasteiger partial charge < -0.3 is 14.4 Å². The van der Waals surface area contributed by atoms with Gasteiger partial charge in [-0.2, -0.15) is 0 Å². The molecule has 1 amide bonds. The van der Waals surface area contributed by atoms with E-state index >= 15 is 0 Å². The number of nitrogens with zero attached hydrogens (tertiary/aromatic N) is 1. The van der Waals surface area contributed by atoms with Crippen LogP contribution in [0.25, 0.3) is 0 Å². The molecule has 3 aliphatic carbocycles. The van der Waals surface area contributed by atoms with Crippen LogP contribution in [0.3, 0.4) is 0 Å². The number of fused-ring (bicyclic) bond motifs is 3. The second kappa shape index (κ2) is 7.81. The quantitative estimate of drug-likeness (QED) is 0.536. The van der Waals surface area contributed by atoms with E-state index in [1.54, 1.807) is 0 Å². The number of carbonyl (C=O) groups excluding carboxylic acids is 1. The molecule has 4 heteroatoms. The van der Waals surface area contributed by atoms with Crippen molar-refractivity contribution >= 4 is 5.91 Å². The van der Waals surface area contributed by atoms with Crippen LogP contribution in [0.1, 0.15) is 56.9 Å². The molecule has 4 aliphatic rings. The first-order chi connectivity index (χ1) is 13.8. The Balaban J connectivity index is 1.34. The lowest BCUT2D eigenvalue weighted by molar-refractivity contribution is -0.137. The van der Waals surface area contributed by atoms with Gasteiger partial charge in [0, 0.05) is 19.0 Å². The van der Waals surface area contributed by atoms with E-state index in [1.807, 2.05) is 6.07 Å². The Morgan fingerprint density at radius 1 is 1.00 bits per heavy atom. The molecule has 0 saturated heterocycles. The first kappa shape index (κ1) is 18.1.